The normalized spacial score (nSPS) is 17.1. The van der Waals surface area contributed by atoms with E-state index in [1.54, 1.807) is 18.2 Å². The van der Waals surface area contributed by atoms with Gasteiger partial charge in [-0.25, -0.2) is 0 Å². The molecule has 1 heterocycles. The van der Waals surface area contributed by atoms with Crippen LogP contribution in [0.3, 0.4) is 0 Å². The zero-order valence-electron chi connectivity index (χ0n) is 11.9. The molecule has 0 aliphatic carbocycles. The summed E-state index contributed by atoms with van der Waals surface area (Å²) in [5.41, 5.74) is 6.67. The summed E-state index contributed by atoms with van der Waals surface area (Å²) in [6.45, 7) is 3.01. The second-order valence-corrected chi connectivity index (χ2v) is 5.94. The number of likely N-dealkylation sites (tertiary alicyclic amines) is 1. The molecule has 0 spiro atoms. The van der Waals surface area contributed by atoms with E-state index in [1.807, 2.05) is 0 Å². The molecule has 1 amide bonds. The van der Waals surface area contributed by atoms with E-state index in [0.29, 0.717) is 28.7 Å². The van der Waals surface area contributed by atoms with E-state index < -0.39 is 0 Å². The maximum atomic E-state index is 12.0. The van der Waals surface area contributed by atoms with Gasteiger partial charge in [0.2, 0.25) is 0 Å². The molecule has 1 aliphatic heterocycles. The second-order valence-electron chi connectivity index (χ2n) is 5.53. The van der Waals surface area contributed by atoms with Crippen LogP contribution >= 0.6 is 11.6 Å². The van der Waals surface area contributed by atoms with Crippen LogP contribution in [0.15, 0.2) is 18.2 Å². The summed E-state index contributed by atoms with van der Waals surface area (Å²) >= 11 is 6.02. The van der Waals surface area contributed by atoms with Crippen LogP contribution < -0.4 is 11.1 Å². The highest BCUT2D eigenvalue weighted by atomic mass is 35.5. The first-order valence-corrected chi connectivity index (χ1v) is 7.46. The number of nitrogen functional groups attached to an aromatic ring is 1. The third kappa shape index (κ3) is 4.12. The number of carbonyl (C=O) groups is 1. The van der Waals surface area contributed by atoms with Crippen LogP contribution in [0.4, 0.5) is 5.69 Å². The summed E-state index contributed by atoms with van der Waals surface area (Å²) in [6.07, 6.45) is 3.47. The zero-order chi connectivity index (χ0) is 14.5. The van der Waals surface area contributed by atoms with Crippen molar-refractivity contribution in [1.82, 2.24) is 10.2 Å². The van der Waals surface area contributed by atoms with Gasteiger partial charge >= 0.3 is 0 Å². The summed E-state index contributed by atoms with van der Waals surface area (Å²) in [5, 5.41) is 3.34. The molecule has 0 atom stereocenters. The number of hydrogen-bond acceptors (Lipinski definition) is 3. The lowest BCUT2D eigenvalue weighted by molar-refractivity contribution is 0.0949. The SMILES string of the molecule is CN1CCC(CCNC(=O)c2ccc(N)cc2Cl)CC1. The number of nitrogens with zero attached hydrogens (tertiary/aromatic N) is 1. The summed E-state index contributed by atoms with van der Waals surface area (Å²) < 4.78 is 0. The number of amides is 1. The highest BCUT2D eigenvalue weighted by Gasteiger charge is 2.17. The largest absolute Gasteiger partial charge is 0.399 e. The second kappa shape index (κ2) is 6.95. The van der Waals surface area contributed by atoms with E-state index in [2.05, 4.69) is 17.3 Å². The molecule has 1 aromatic rings. The highest BCUT2D eigenvalue weighted by Crippen LogP contribution is 2.20. The van der Waals surface area contributed by atoms with Crippen LogP contribution in [0.5, 0.6) is 0 Å². The Morgan fingerprint density at radius 2 is 2.15 bits per heavy atom. The molecule has 1 aromatic carbocycles. The number of piperidine rings is 1. The average molecular weight is 296 g/mol. The third-order valence-electron chi connectivity index (χ3n) is 3.91. The van der Waals surface area contributed by atoms with Crippen LogP contribution in [0.2, 0.25) is 5.02 Å². The molecule has 3 N–H and O–H groups in total. The number of nitrogens with one attached hydrogen (secondary N) is 1. The minimum Gasteiger partial charge on any atom is -0.399 e. The summed E-state index contributed by atoms with van der Waals surface area (Å²) in [5.74, 6) is 0.594. The Kier molecular flexibility index (Phi) is 5.26. The molecule has 5 heteroatoms. The monoisotopic (exact) mass is 295 g/mol. The average Bonchev–Trinajstić information content (AvgIpc) is 2.41. The van der Waals surface area contributed by atoms with Crippen molar-refractivity contribution >= 4 is 23.2 Å². The Morgan fingerprint density at radius 3 is 2.80 bits per heavy atom. The van der Waals surface area contributed by atoms with Gasteiger partial charge in [-0.1, -0.05) is 11.6 Å². The number of benzene rings is 1. The predicted octanol–water partition coefficient (Wildman–Crippen LogP) is 2.38. The maximum absolute atomic E-state index is 12.0. The smallest absolute Gasteiger partial charge is 0.252 e. The van der Waals surface area contributed by atoms with Crippen LogP contribution in [0.1, 0.15) is 29.6 Å². The molecular formula is C15H22ClN3O. The Hall–Kier alpha value is -1.26. The van der Waals surface area contributed by atoms with Crippen LogP contribution in [-0.4, -0.2) is 37.5 Å². The molecule has 0 bridgehead atoms. The van der Waals surface area contributed by atoms with E-state index in [1.165, 1.54) is 12.8 Å². The van der Waals surface area contributed by atoms with Crippen molar-refractivity contribution < 1.29 is 4.79 Å². The fourth-order valence-corrected chi connectivity index (χ4v) is 2.83. The predicted molar refractivity (Wildman–Crippen MR) is 83.0 cm³/mol. The van der Waals surface area contributed by atoms with Gasteiger partial charge in [0.25, 0.3) is 5.91 Å². The molecule has 2 rings (SSSR count). The molecular weight excluding hydrogens is 274 g/mol. The van der Waals surface area contributed by atoms with Gasteiger partial charge in [-0.05, 0) is 63.5 Å². The Balaban J connectivity index is 1.77. The molecule has 1 fully saturated rings. The number of anilines is 1. The molecule has 20 heavy (non-hydrogen) atoms. The molecule has 1 aliphatic rings. The highest BCUT2D eigenvalue weighted by molar-refractivity contribution is 6.34. The van der Waals surface area contributed by atoms with Crippen molar-refractivity contribution in [3.63, 3.8) is 0 Å². The molecule has 0 unspecified atom stereocenters. The van der Waals surface area contributed by atoms with Crippen molar-refractivity contribution in [2.75, 3.05) is 32.4 Å². The first kappa shape index (κ1) is 15.1. The lowest BCUT2D eigenvalue weighted by Gasteiger charge is -2.28. The quantitative estimate of drug-likeness (QED) is 0.839. The Bertz CT molecular complexity index is 470. The summed E-state index contributed by atoms with van der Waals surface area (Å²) in [7, 11) is 2.15. The minimum absolute atomic E-state index is 0.122. The van der Waals surface area contributed by atoms with Crippen molar-refractivity contribution in [3.05, 3.63) is 28.8 Å². The van der Waals surface area contributed by atoms with Gasteiger partial charge in [0.1, 0.15) is 0 Å². The molecule has 0 aromatic heterocycles. The summed E-state index contributed by atoms with van der Waals surface area (Å²) in [6, 6.07) is 4.97. The van der Waals surface area contributed by atoms with Crippen LogP contribution in [0, 0.1) is 5.92 Å². The minimum atomic E-state index is -0.122. The fraction of sp³-hybridized carbons (Fsp3) is 0.533. The van der Waals surface area contributed by atoms with Gasteiger partial charge in [0.05, 0.1) is 10.6 Å². The third-order valence-corrected chi connectivity index (χ3v) is 4.23. The zero-order valence-corrected chi connectivity index (χ0v) is 12.6. The first-order chi connectivity index (χ1) is 9.56. The lowest BCUT2D eigenvalue weighted by atomic mass is 9.94. The number of nitrogens with two attached hydrogens (primary N) is 1. The van der Waals surface area contributed by atoms with E-state index >= 15 is 0 Å². The Labute approximate surface area is 125 Å². The van der Waals surface area contributed by atoms with Gasteiger partial charge < -0.3 is 16.0 Å². The van der Waals surface area contributed by atoms with Gasteiger partial charge in [-0.2, -0.15) is 0 Å². The molecule has 0 saturated carbocycles. The first-order valence-electron chi connectivity index (χ1n) is 7.08. The number of carbonyl (C=O) groups excluding carboxylic acids is 1. The van der Waals surface area contributed by atoms with Crippen LogP contribution in [0.25, 0.3) is 0 Å². The molecule has 110 valence electrons. The van der Waals surface area contributed by atoms with E-state index in [0.717, 1.165) is 19.5 Å². The van der Waals surface area contributed by atoms with E-state index in [-0.39, 0.29) is 5.91 Å². The molecule has 1 saturated heterocycles. The van der Waals surface area contributed by atoms with Crippen molar-refractivity contribution in [1.29, 1.82) is 0 Å². The maximum Gasteiger partial charge on any atom is 0.252 e. The number of halogens is 1. The van der Waals surface area contributed by atoms with Gasteiger partial charge in [-0.3, -0.25) is 4.79 Å². The van der Waals surface area contributed by atoms with Crippen LogP contribution in [-0.2, 0) is 0 Å². The van der Waals surface area contributed by atoms with Gasteiger partial charge in [0, 0.05) is 12.2 Å². The molecule has 0 radical (unpaired) electrons. The fourth-order valence-electron chi connectivity index (χ4n) is 2.55. The van der Waals surface area contributed by atoms with Crippen molar-refractivity contribution in [3.8, 4) is 0 Å². The van der Waals surface area contributed by atoms with E-state index in [9.17, 15) is 4.79 Å². The topological polar surface area (TPSA) is 58.4 Å². The lowest BCUT2D eigenvalue weighted by Crippen LogP contribution is -2.32. The standard InChI is InChI=1S/C15H22ClN3O/c1-19-8-5-11(6-9-19)4-7-18-15(20)13-3-2-12(17)10-14(13)16/h2-3,10-11H,4-9,17H2,1H3,(H,18,20). The van der Waals surface area contributed by atoms with Gasteiger partial charge in [0.15, 0.2) is 0 Å². The summed E-state index contributed by atoms with van der Waals surface area (Å²) in [4.78, 5) is 14.4. The Morgan fingerprint density at radius 1 is 1.45 bits per heavy atom. The van der Waals surface area contributed by atoms with E-state index in [4.69, 9.17) is 17.3 Å². The number of hydrogen-bond donors (Lipinski definition) is 2. The van der Waals surface area contributed by atoms with Crippen molar-refractivity contribution in [2.24, 2.45) is 5.92 Å². The van der Waals surface area contributed by atoms with Gasteiger partial charge in [-0.15, -0.1) is 0 Å². The van der Waals surface area contributed by atoms with Crippen molar-refractivity contribution in [2.45, 2.75) is 19.3 Å². The number of rotatable bonds is 4. The molecule has 4 nitrogen and oxygen atoms in total.